The minimum Gasteiger partial charge on any atom is -0.298 e. The van der Waals surface area contributed by atoms with Crippen LogP contribution in [0.5, 0.6) is 0 Å². The summed E-state index contributed by atoms with van der Waals surface area (Å²) in [6.07, 6.45) is 2.55. The summed E-state index contributed by atoms with van der Waals surface area (Å²) in [7, 11) is 0. The molecule has 1 aliphatic rings. The molecule has 6 heteroatoms. The van der Waals surface area contributed by atoms with E-state index in [2.05, 4.69) is 11.9 Å². The Morgan fingerprint density at radius 2 is 1.88 bits per heavy atom. The molecule has 0 spiro atoms. The van der Waals surface area contributed by atoms with Gasteiger partial charge in [-0.15, -0.1) is 6.58 Å². The molecule has 2 amide bonds. The fraction of sp³-hybridized carbons (Fsp3) is 0.0526. The largest absolute Gasteiger partial charge is 0.298 e. The molecule has 124 valence electrons. The SMILES string of the molecule is C=CCN1C(=O)C(=CC(=O)c2ccc3ccccc3c2)C(=O)NC1=S. The number of rotatable bonds is 4. The summed E-state index contributed by atoms with van der Waals surface area (Å²) in [5.74, 6) is -1.71. The predicted molar refractivity (Wildman–Crippen MR) is 99.0 cm³/mol. The zero-order valence-corrected chi connectivity index (χ0v) is 14.0. The standard InChI is InChI=1S/C19H14N2O3S/c1-2-9-21-18(24)15(17(23)20-19(21)25)11-16(22)14-8-7-12-5-3-4-6-13(12)10-14/h2-8,10-11H,1,9H2,(H,20,23,25). The summed E-state index contributed by atoms with van der Waals surface area (Å²) in [5, 5.41) is 4.32. The smallest absolute Gasteiger partial charge is 0.266 e. The topological polar surface area (TPSA) is 66.5 Å². The van der Waals surface area contributed by atoms with Gasteiger partial charge >= 0.3 is 0 Å². The second-order valence-corrected chi connectivity index (χ2v) is 5.83. The van der Waals surface area contributed by atoms with Gasteiger partial charge in [0.15, 0.2) is 10.9 Å². The Morgan fingerprint density at radius 1 is 1.16 bits per heavy atom. The van der Waals surface area contributed by atoms with Crippen LogP contribution in [0.15, 0.2) is 66.8 Å². The summed E-state index contributed by atoms with van der Waals surface area (Å²) in [6, 6.07) is 12.8. The molecule has 1 N–H and O–H groups in total. The maximum atomic E-state index is 12.5. The number of amides is 2. The van der Waals surface area contributed by atoms with Crippen LogP contribution in [0.2, 0.25) is 0 Å². The number of ketones is 1. The number of carbonyl (C=O) groups is 3. The van der Waals surface area contributed by atoms with Crippen LogP contribution in [0.3, 0.4) is 0 Å². The van der Waals surface area contributed by atoms with Gasteiger partial charge in [0.05, 0.1) is 0 Å². The first-order valence-electron chi connectivity index (χ1n) is 7.54. The Kier molecular flexibility index (Phi) is 4.54. The highest BCUT2D eigenvalue weighted by molar-refractivity contribution is 7.80. The van der Waals surface area contributed by atoms with E-state index in [4.69, 9.17) is 12.2 Å². The lowest BCUT2D eigenvalue weighted by molar-refractivity contribution is -0.128. The minimum atomic E-state index is -0.676. The Morgan fingerprint density at radius 3 is 2.60 bits per heavy atom. The Hall–Kier alpha value is -3.12. The zero-order valence-electron chi connectivity index (χ0n) is 13.2. The number of benzene rings is 2. The summed E-state index contributed by atoms with van der Waals surface area (Å²) < 4.78 is 0. The molecule has 2 aromatic carbocycles. The molecule has 1 heterocycles. The van der Waals surface area contributed by atoms with Crippen molar-refractivity contribution in [2.75, 3.05) is 6.54 Å². The van der Waals surface area contributed by atoms with Gasteiger partial charge in [0.2, 0.25) is 0 Å². The number of fused-ring (bicyclic) bond motifs is 1. The van der Waals surface area contributed by atoms with Gasteiger partial charge in [-0.1, -0.05) is 42.5 Å². The predicted octanol–water partition coefficient (Wildman–Crippen LogP) is 2.38. The second kappa shape index (κ2) is 6.78. The van der Waals surface area contributed by atoms with E-state index in [0.29, 0.717) is 5.56 Å². The molecule has 0 radical (unpaired) electrons. The van der Waals surface area contributed by atoms with Crippen molar-refractivity contribution in [1.29, 1.82) is 0 Å². The fourth-order valence-electron chi connectivity index (χ4n) is 2.55. The minimum absolute atomic E-state index is 0.00482. The number of carbonyl (C=O) groups excluding carboxylic acids is 3. The van der Waals surface area contributed by atoms with Crippen molar-refractivity contribution in [2.24, 2.45) is 0 Å². The summed E-state index contributed by atoms with van der Waals surface area (Å²) in [6.45, 7) is 3.70. The van der Waals surface area contributed by atoms with Gasteiger partial charge in [0, 0.05) is 18.2 Å². The first kappa shape index (κ1) is 16.7. The third-order valence-corrected chi connectivity index (χ3v) is 4.13. The van der Waals surface area contributed by atoms with Gasteiger partial charge in [0.25, 0.3) is 11.8 Å². The molecule has 1 saturated heterocycles. The number of hydrogen-bond donors (Lipinski definition) is 1. The first-order valence-corrected chi connectivity index (χ1v) is 7.95. The van der Waals surface area contributed by atoms with E-state index < -0.39 is 17.6 Å². The van der Waals surface area contributed by atoms with Crippen LogP contribution in [-0.4, -0.2) is 34.2 Å². The summed E-state index contributed by atoms with van der Waals surface area (Å²) >= 11 is 4.97. The van der Waals surface area contributed by atoms with Gasteiger partial charge < -0.3 is 0 Å². The van der Waals surface area contributed by atoms with Crippen LogP contribution in [0.25, 0.3) is 10.8 Å². The van der Waals surface area contributed by atoms with Crippen molar-refractivity contribution in [2.45, 2.75) is 0 Å². The van der Waals surface area contributed by atoms with E-state index >= 15 is 0 Å². The molecule has 25 heavy (non-hydrogen) atoms. The summed E-state index contributed by atoms with van der Waals surface area (Å²) in [4.78, 5) is 38.2. The molecule has 2 aromatic rings. The van der Waals surface area contributed by atoms with Crippen LogP contribution in [0.4, 0.5) is 0 Å². The van der Waals surface area contributed by atoms with Gasteiger partial charge in [-0.2, -0.15) is 0 Å². The number of hydrogen-bond acceptors (Lipinski definition) is 4. The molecule has 3 rings (SSSR count). The highest BCUT2D eigenvalue weighted by Gasteiger charge is 2.33. The van der Waals surface area contributed by atoms with E-state index in [9.17, 15) is 14.4 Å². The van der Waals surface area contributed by atoms with Gasteiger partial charge in [-0.25, -0.2) is 0 Å². The van der Waals surface area contributed by atoms with Gasteiger partial charge in [-0.3, -0.25) is 24.6 Å². The number of thiocarbonyl (C=S) groups is 1. The molecule has 0 unspecified atom stereocenters. The van der Waals surface area contributed by atoms with E-state index in [0.717, 1.165) is 16.8 Å². The number of allylic oxidation sites excluding steroid dienone is 1. The molecular formula is C19H14N2O3S. The maximum absolute atomic E-state index is 12.5. The lowest BCUT2D eigenvalue weighted by Crippen LogP contribution is -2.54. The van der Waals surface area contributed by atoms with Crippen molar-refractivity contribution in [3.8, 4) is 0 Å². The lowest BCUT2D eigenvalue weighted by Gasteiger charge is -2.27. The van der Waals surface area contributed by atoms with E-state index in [1.54, 1.807) is 12.1 Å². The third kappa shape index (κ3) is 3.25. The molecule has 0 aliphatic carbocycles. The fourth-order valence-corrected chi connectivity index (χ4v) is 2.80. The average Bonchev–Trinajstić information content (AvgIpc) is 2.61. The molecule has 0 atom stereocenters. The van der Waals surface area contributed by atoms with Crippen molar-refractivity contribution in [3.63, 3.8) is 0 Å². The average molecular weight is 350 g/mol. The van der Waals surface area contributed by atoms with E-state index in [1.807, 2.05) is 30.3 Å². The Labute approximate surface area is 149 Å². The van der Waals surface area contributed by atoms with E-state index in [1.165, 1.54) is 11.0 Å². The molecule has 1 aliphatic heterocycles. The lowest BCUT2D eigenvalue weighted by atomic mass is 10.0. The van der Waals surface area contributed by atoms with Gasteiger partial charge in [0.1, 0.15) is 5.57 Å². The third-order valence-electron chi connectivity index (χ3n) is 3.81. The quantitative estimate of drug-likeness (QED) is 0.302. The molecule has 0 aromatic heterocycles. The first-order chi connectivity index (χ1) is 12.0. The highest BCUT2D eigenvalue weighted by atomic mass is 32.1. The van der Waals surface area contributed by atoms with Crippen LogP contribution < -0.4 is 5.32 Å². The van der Waals surface area contributed by atoms with Crippen LogP contribution in [0, 0.1) is 0 Å². The van der Waals surface area contributed by atoms with Gasteiger partial charge in [-0.05, 0) is 29.1 Å². The van der Waals surface area contributed by atoms with Crippen molar-refractivity contribution in [1.82, 2.24) is 10.2 Å². The molecule has 1 fully saturated rings. The number of nitrogens with one attached hydrogen (secondary N) is 1. The molecule has 5 nitrogen and oxygen atoms in total. The Bertz CT molecular complexity index is 962. The van der Waals surface area contributed by atoms with Crippen LogP contribution in [-0.2, 0) is 9.59 Å². The van der Waals surface area contributed by atoms with E-state index in [-0.39, 0.29) is 17.2 Å². The monoisotopic (exact) mass is 350 g/mol. The summed E-state index contributed by atoms with van der Waals surface area (Å²) in [5.41, 5.74) is 0.156. The normalized spacial score (nSPS) is 16.2. The Balaban J connectivity index is 1.95. The molecule has 0 bridgehead atoms. The molecular weight excluding hydrogens is 336 g/mol. The van der Waals surface area contributed by atoms with Crippen LogP contribution >= 0.6 is 12.2 Å². The van der Waals surface area contributed by atoms with Crippen molar-refractivity contribution in [3.05, 3.63) is 72.3 Å². The van der Waals surface area contributed by atoms with Crippen molar-refractivity contribution < 1.29 is 14.4 Å². The zero-order chi connectivity index (χ0) is 18.0. The van der Waals surface area contributed by atoms with Crippen molar-refractivity contribution >= 4 is 45.7 Å². The number of nitrogens with zero attached hydrogens (tertiary/aromatic N) is 1. The molecule has 0 saturated carbocycles. The maximum Gasteiger partial charge on any atom is 0.266 e. The van der Waals surface area contributed by atoms with Crippen LogP contribution in [0.1, 0.15) is 10.4 Å². The highest BCUT2D eigenvalue weighted by Crippen LogP contribution is 2.17. The second-order valence-electron chi connectivity index (χ2n) is 5.45.